The Balaban J connectivity index is 1.25. The van der Waals surface area contributed by atoms with E-state index in [2.05, 4.69) is 18.7 Å². The highest BCUT2D eigenvalue weighted by Gasteiger charge is 2.31. The summed E-state index contributed by atoms with van der Waals surface area (Å²) in [6.45, 7) is 6.50. The van der Waals surface area contributed by atoms with Gasteiger partial charge in [-0.25, -0.2) is 0 Å². The molecule has 3 aromatic rings. The third-order valence-corrected chi connectivity index (χ3v) is 8.86. The minimum atomic E-state index is -0.0466. The van der Waals surface area contributed by atoms with Crippen molar-refractivity contribution in [2.75, 3.05) is 18.1 Å². The van der Waals surface area contributed by atoms with Crippen LogP contribution in [0.1, 0.15) is 75.6 Å². The van der Waals surface area contributed by atoms with Crippen LogP contribution in [0.5, 0.6) is 5.75 Å². The van der Waals surface area contributed by atoms with Crippen LogP contribution in [0.25, 0.3) is 0 Å². The van der Waals surface area contributed by atoms with E-state index in [1.165, 1.54) is 51.4 Å². The van der Waals surface area contributed by atoms with Gasteiger partial charge in [0.1, 0.15) is 12.4 Å². The molecule has 1 amide bonds. The van der Waals surface area contributed by atoms with Gasteiger partial charge in [-0.2, -0.15) is 0 Å². The summed E-state index contributed by atoms with van der Waals surface area (Å²) in [6, 6.07) is 28.7. The van der Waals surface area contributed by atoms with Crippen LogP contribution >= 0.6 is 0 Å². The summed E-state index contributed by atoms with van der Waals surface area (Å²) in [4.78, 5) is 18.1. The molecule has 39 heavy (non-hydrogen) atoms. The average molecular weight is 525 g/mol. The molecule has 2 aliphatic carbocycles. The van der Waals surface area contributed by atoms with Crippen LogP contribution in [0.4, 0.5) is 11.4 Å². The Hall–Kier alpha value is -3.11. The van der Waals surface area contributed by atoms with Crippen LogP contribution in [-0.4, -0.2) is 36.0 Å². The first kappa shape index (κ1) is 27.5. The summed E-state index contributed by atoms with van der Waals surface area (Å²) in [5.41, 5.74) is 2.34. The second-order valence-electron chi connectivity index (χ2n) is 11.7. The van der Waals surface area contributed by atoms with E-state index < -0.39 is 0 Å². The van der Waals surface area contributed by atoms with Gasteiger partial charge in [-0.1, -0.05) is 50.2 Å². The van der Waals surface area contributed by atoms with E-state index in [4.69, 9.17) is 4.74 Å². The topological polar surface area (TPSA) is 32.8 Å². The molecule has 0 atom stereocenters. The van der Waals surface area contributed by atoms with Crippen LogP contribution in [0.15, 0.2) is 84.9 Å². The number of hydrogen-bond donors (Lipinski definition) is 0. The molecule has 0 aliphatic heterocycles. The summed E-state index contributed by atoms with van der Waals surface area (Å²) >= 11 is 0. The number of carbonyl (C=O) groups is 1. The first-order valence-electron chi connectivity index (χ1n) is 15.0. The molecular weight excluding hydrogens is 480 g/mol. The zero-order valence-corrected chi connectivity index (χ0v) is 23.7. The Bertz CT molecular complexity index is 1130. The third-order valence-electron chi connectivity index (χ3n) is 8.86. The summed E-state index contributed by atoms with van der Waals surface area (Å²) < 4.78 is 6.30. The fraction of sp³-hybridized carbons (Fsp3) is 0.457. The van der Waals surface area contributed by atoms with Gasteiger partial charge in [0.2, 0.25) is 0 Å². The Morgan fingerprint density at radius 3 is 1.69 bits per heavy atom. The Morgan fingerprint density at radius 1 is 0.667 bits per heavy atom. The second-order valence-corrected chi connectivity index (χ2v) is 11.7. The van der Waals surface area contributed by atoms with Crippen molar-refractivity contribution in [1.29, 1.82) is 0 Å². The van der Waals surface area contributed by atoms with Crippen LogP contribution in [-0.2, 0) is 0 Å². The fourth-order valence-corrected chi connectivity index (χ4v) is 6.44. The van der Waals surface area contributed by atoms with E-state index in [1.807, 2.05) is 84.9 Å². The number of amides is 1. The number of para-hydroxylation sites is 1. The number of rotatable bonds is 9. The number of hydrogen-bond acceptors (Lipinski definition) is 3. The van der Waals surface area contributed by atoms with Gasteiger partial charge < -0.3 is 4.74 Å². The SMILES string of the molecule is CC1CCC(N(CCOc2ccc(N(C(=O)c3ccccc3)c3ccccc3)cc2)C2CCC(C)CC2)CC1. The summed E-state index contributed by atoms with van der Waals surface area (Å²) in [5, 5.41) is 0. The van der Waals surface area contributed by atoms with E-state index in [1.54, 1.807) is 4.90 Å². The molecule has 206 valence electrons. The Labute approximate surface area is 235 Å². The lowest BCUT2D eigenvalue weighted by atomic mass is 9.82. The van der Waals surface area contributed by atoms with Gasteiger partial charge in [-0.15, -0.1) is 0 Å². The molecule has 0 aromatic heterocycles. The minimum absolute atomic E-state index is 0.0466. The number of nitrogens with zero attached hydrogens (tertiary/aromatic N) is 2. The maximum Gasteiger partial charge on any atom is 0.262 e. The Morgan fingerprint density at radius 2 is 1.15 bits per heavy atom. The molecule has 5 rings (SSSR count). The first-order valence-corrected chi connectivity index (χ1v) is 15.0. The monoisotopic (exact) mass is 524 g/mol. The van der Waals surface area contributed by atoms with Crippen molar-refractivity contribution in [1.82, 2.24) is 4.90 Å². The van der Waals surface area contributed by atoms with Gasteiger partial charge in [0.15, 0.2) is 0 Å². The molecule has 0 spiro atoms. The lowest BCUT2D eigenvalue weighted by Gasteiger charge is -2.43. The van der Waals surface area contributed by atoms with Gasteiger partial charge in [-0.05, 0) is 112 Å². The molecule has 0 N–H and O–H groups in total. The van der Waals surface area contributed by atoms with Crippen LogP contribution < -0.4 is 9.64 Å². The minimum Gasteiger partial charge on any atom is -0.492 e. The molecule has 4 nitrogen and oxygen atoms in total. The van der Waals surface area contributed by atoms with E-state index in [9.17, 15) is 4.79 Å². The first-order chi connectivity index (χ1) is 19.1. The van der Waals surface area contributed by atoms with Crippen molar-refractivity contribution in [2.45, 2.75) is 77.3 Å². The number of ether oxygens (including phenoxy) is 1. The Kier molecular flexibility index (Phi) is 9.36. The van der Waals surface area contributed by atoms with Gasteiger partial charge in [0.25, 0.3) is 5.91 Å². The normalized spacial score (nSPS) is 23.4. The molecule has 0 bridgehead atoms. The lowest BCUT2D eigenvalue weighted by Crippen LogP contribution is -2.48. The molecule has 0 saturated heterocycles. The molecule has 0 radical (unpaired) electrons. The largest absolute Gasteiger partial charge is 0.492 e. The molecule has 2 saturated carbocycles. The number of benzene rings is 3. The van der Waals surface area contributed by atoms with Crippen LogP contribution in [0, 0.1) is 11.8 Å². The highest BCUT2D eigenvalue weighted by molar-refractivity contribution is 6.10. The maximum absolute atomic E-state index is 13.5. The van der Waals surface area contributed by atoms with Crippen molar-refractivity contribution >= 4 is 17.3 Å². The average Bonchev–Trinajstić information content (AvgIpc) is 2.98. The van der Waals surface area contributed by atoms with E-state index >= 15 is 0 Å². The van der Waals surface area contributed by atoms with Gasteiger partial charge in [0, 0.05) is 35.6 Å². The predicted octanol–water partition coefficient (Wildman–Crippen LogP) is 8.50. The highest BCUT2D eigenvalue weighted by atomic mass is 16.5. The molecule has 2 aliphatic rings. The smallest absolute Gasteiger partial charge is 0.262 e. The number of carbonyl (C=O) groups excluding carboxylic acids is 1. The quantitative estimate of drug-likeness (QED) is 0.281. The van der Waals surface area contributed by atoms with Crippen molar-refractivity contribution in [2.24, 2.45) is 11.8 Å². The van der Waals surface area contributed by atoms with Crippen LogP contribution in [0.2, 0.25) is 0 Å². The molecule has 3 aromatic carbocycles. The summed E-state index contributed by atoms with van der Waals surface area (Å²) in [7, 11) is 0. The molecule has 2 fully saturated rings. The second kappa shape index (κ2) is 13.3. The van der Waals surface area contributed by atoms with Crippen molar-refractivity contribution < 1.29 is 9.53 Å². The van der Waals surface area contributed by atoms with Crippen LogP contribution in [0.3, 0.4) is 0 Å². The van der Waals surface area contributed by atoms with Crippen molar-refractivity contribution in [3.63, 3.8) is 0 Å². The van der Waals surface area contributed by atoms with Crippen molar-refractivity contribution in [3.05, 3.63) is 90.5 Å². The summed E-state index contributed by atoms with van der Waals surface area (Å²) in [5.74, 6) is 2.55. The zero-order valence-electron chi connectivity index (χ0n) is 23.7. The zero-order chi connectivity index (χ0) is 27.0. The summed E-state index contributed by atoms with van der Waals surface area (Å²) in [6.07, 6.45) is 10.7. The van der Waals surface area contributed by atoms with Gasteiger partial charge in [-0.3, -0.25) is 14.6 Å². The van der Waals surface area contributed by atoms with Gasteiger partial charge >= 0.3 is 0 Å². The van der Waals surface area contributed by atoms with E-state index in [0.29, 0.717) is 24.3 Å². The maximum atomic E-state index is 13.5. The number of anilines is 2. The molecular formula is C35H44N2O2. The predicted molar refractivity (Wildman–Crippen MR) is 161 cm³/mol. The molecule has 4 heteroatoms. The lowest BCUT2D eigenvalue weighted by molar-refractivity contribution is 0.0522. The van der Waals surface area contributed by atoms with E-state index in [0.717, 1.165) is 35.5 Å². The fourth-order valence-electron chi connectivity index (χ4n) is 6.44. The molecule has 0 heterocycles. The highest BCUT2D eigenvalue weighted by Crippen LogP contribution is 2.34. The van der Waals surface area contributed by atoms with Gasteiger partial charge in [0.05, 0.1) is 0 Å². The van der Waals surface area contributed by atoms with E-state index in [-0.39, 0.29) is 5.91 Å². The molecule has 0 unspecified atom stereocenters. The standard InChI is InChI=1S/C35H44N2O2/c1-27-13-17-30(18-14-27)36(31-19-15-28(2)16-20-31)25-26-39-34-23-21-33(22-24-34)37(32-11-7-4-8-12-32)35(38)29-9-5-3-6-10-29/h3-12,21-24,27-28,30-31H,13-20,25-26H2,1-2H3. The third kappa shape index (κ3) is 7.10. The van der Waals surface area contributed by atoms with Crippen molar-refractivity contribution in [3.8, 4) is 5.75 Å².